The van der Waals surface area contributed by atoms with Crippen LogP contribution in [0.5, 0.6) is 5.75 Å². The number of carbonyl (C=O) groups excluding carboxylic acids is 2. The van der Waals surface area contributed by atoms with E-state index >= 15 is 0 Å². The predicted octanol–water partition coefficient (Wildman–Crippen LogP) is 7.42. The Morgan fingerprint density at radius 2 is 1.60 bits per heavy atom. The van der Waals surface area contributed by atoms with Crippen molar-refractivity contribution in [1.82, 2.24) is 10.2 Å². The molecule has 3 aromatic rings. The van der Waals surface area contributed by atoms with Gasteiger partial charge in [0.1, 0.15) is 18.3 Å². The number of hydrogen-bond donors (Lipinski definition) is 1. The minimum absolute atomic E-state index is 0.0164. The number of anilines is 1. The number of benzene rings is 3. The minimum Gasteiger partial charge on any atom is -0.495 e. The zero-order chi connectivity index (χ0) is 32.7. The maximum atomic E-state index is 14.4. The number of nitrogens with zero attached hydrogens (tertiary/aromatic N) is 2. The van der Waals surface area contributed by atoms with E-state index in [-0.39, 0.29) is 39.8 Å². The molecule has 0 radical (unpaired) electrons. The van der Waals surface area contributed by atoms with Crippen molar-refractivity contribution >= 4 is 62.3 Å². The molecule has 4 rings (SSSR count). The molecule has 8 nitrogen and oxygen atoms in total. The average Bonchev–Trinajstić information content (AvgIpc) is 3.01. The van der Waals surface area contributed by atoms with Crippen molar-refractivity contribution in [1.29, 1.82) is 0 Å². The van der Waals surface area contributed by atoms with E-state index in [1.807, 2.05) is 13.8 Å². The van der Waals surface area contributed by atoms with Crippen LogP contribution in [0, 0.1) is 6.92 Å². The Hall–Kier alpha value is -2.98. The van der Waals surface area contributed by atoms with E-state index in [2.05, 4.69) is 5.32 Å². The molecule has 0 aliphatic heterocycles. The highest BCUT2D eigenvalue weighted by Crippen LogP contribution is 2.35. The lowest BCUT2D eigenvalue weighted by Gasteiger charge is -2.35. The second kappa shape index (κ2) is 15.5. The van der Waals surface area contributed by atoms with Gasteiger partial charge in [0.15, 0.2) is 0 Å². The lowest BCUT2D eigenvalue weighted by atomic mass is 9.95. The van der Waals surface area contributed by atoms with Crippen LogP contribution < -0.4 is 14.4 Å². The van der Waals surface area contributed by atoms with E-state index < -0.39 is 28.5 Å². The van der Waals surface area contributed by atoms with Gasteiger partial charge >= 0.3 is 0 Å². The number of nitrogens with one attached hydrogen (secondary N) is 1. The second-order valence-corrected chi connectivity index (χ2v) is 14.3. The number of carbonyl (C=O) groups is 2. The van der Waals surface area contributed by atoms with Crippen LogP contribution in [0.1, 0.15) is 56.6 Å². The van der Waals surface area contributed by atoms with E-state index in [1.165, 1.54) is 36.3 Å². The second-order valence-electron chi connectivity index (χ2n) is 11.2. The molecule has 12 heteroatoms. The van der Waals surface area contributed by atoms with E-state index in [0.29, 0.717) is 22.0 Å². The molecule has 1 aliphatic carbocycles. The van der Waals surface area contributed by atoms with Gasteiger partial charge in [-0.15, -0.1) is 0 Å². The number of amides is 2. The van der Waals surface area contributed by atoms with Gasteiger partial charge in [-0.3, -0.25) is 13.9 Å². The number of methoxy groups -OCH3 is 1. The summed E-state index contributed by atoms with van der Waals surface area (Å²) in [5.41, 5.74) is 1.52. The van der Waals surface area contributed by atoms with E-state index in [1.54, 1.807) is 36.4 Å². The number of sulfonamides is 1. The molecular weight excluding hydrogens is 657 g/mol. The highest BCUT2D eigenvalue weighted by Gasteiger charge is 2.35. The highest BCUT2D eigenvalue weighted by atomic mass is 35.5. The van der Waals surface area contributed by atoms with Crippen LogP contribution in [0.2, 0.25) is 15.1 Å². The standard InChI is InChI=1S/C33H38Cl3N3O5S/c1-4-29(33(41)37-26-8-6-5-7-9-26)38(20-23-12-13-24(34)18-28(23)36)32(40)21-39(30-19-25(35)14-17-31(30)44-3)45(42,43)27-15-10-22(2)11-16-27/h10-19,26,29H,4-9,20-21H2,1-3H3,(H,37,41)/t29-/m1/s1. The zero-order valence-electron chi connectivity index (χ0n) is 25.6. The summed E-state index contributed by atoms with van der Waals surface area (Å²) in [7, 11) is -2.90. The van der Waals surface area contributed by atoms with Gasteiger partial charge < -0.3 is 15.0 Å². The van der Waals surface area contributed by atoms with E-state index in [4.69, 9.17) is 39.5 Å². The van der Waals surface area contributed by atoms with Crippen LogP contribution in [-0.4, -0.2) is 50.9 Å². The molecule has 45 heavy (non-hydrogen) atoms. The number of halogens is 3. The molecule has 0 spiro atoms. The molecule has 1 N–H and O–H groups in total. The zero-order valence-corrected chi connectivity index (χ0v) is 28.6. The monoisotopic (exact) mass is 693 g/mol. The van der Waals surface area contributed by atoms with Gasteiger partial charge in [-0.05, 0) is 74.2 Å². The summed E-state index contributed by atoms with van der Waals surface area (Å²) in [6, 6.07) is 14.9. The Kier molecular flexibility index (Phi) is 12.0. The fourth-order valence-electron chi connectivity index (χ4n) is 5.51. The molecule has 3 aromatic carbocycles. The molecule has 1 fully saturated rings. The molecular formula is C33H38Cl3N3O5S. The third-order valence-electron chi connectivity index (χ3n) is 7.99. The third kappa shape index (κ3) is 8.64. The van der Waals surface area contributed by atoms with Gasteiger partial charge in [-0.2, -0.15) is 0 Å². The summed E-state index contributed by atoms with van der Waals surface area (Å²) in [6.07, 6.45) is 5.21. The molecule has 1 saturated carbocycles. The van der Waals surface area contributed by atoms with Crippen LogP contribution in [0.3, 0.4) is 0 Å². The molecule has 0 unspecified atom stereocenters. The van der Waals surface area contributed by atoms with Crippen molar-refractivity contribution < 1.29 is 22.7 Å². The maximum absolute atomic E-state index is 14.4. The normalized spacial score (nSPS) is 14.4. The Labute approximate surface area is 280 Å². The molecule has 1 aliphatic rings. The molecule has 2 amide bonds. The van der Waals surface area contributed by atoms with Gasteiger partial charge in [0.05, 0.1) is 17.7 Å². The smallest absolute Gasteiger partial charge is 0.264 e. The summed E-state index contributed by atoms with van der Waals surface area (Å²) >= 11 is 19.0. The van der Waals surface area contributed by atoms with Gasteiger partial charge in [0.25, 0.3) is 10.0 Å². The van der Waals surface area contributed by atoms with Crippen molar-refractivity contribution in [2.24, 2.45) is 0 Å². The van der Waals surface area contributed by atoms with Crippen LogP contribution in [-0.2, 0) is 26.2 Å². The van der Waals surface area contributed by atoms with Crippen LogP contribution in [0.15, 0.2) is 65.6 Å². The first-order valence-electron chi connectivity index (χ1n) is 14.9. The predicted molar refractivity (Wildman–Crippen MR) is 180 cm³/mol. The number of ether oxygens (including phenoxy) is 1. The van der Waals surface area contributed by atoms with Crippen molar-refractivity contribution in [2.45, 2.75) is 75.9 Å². The number of aryl methyl sites for hydroxylation is 1. The van der Waals surface area contributed by atoms with Gasteiger partial charge in [0, 0.05) is 27.7 Å². The molecule has 0 saturated heterocycles. The molecule has 0 bridgehead atoms. The fourth-order valence-corrected chi connectivity index (χ4v) is 7.56. The topological polar surface area (TPSA) is 96.0 Å². The Balaban J connectivity index is 1.78. The summed E-state index contributed by atoms with van der Waals surface area (Å²) in [6.45, 7) is 2.98. The first-order chi connectivity index (χ1) is 21.4. The lowest BCUT2D eigenvalue weighted by molar-refractivity contribution is -0.140. The number of hydrogen-bond acceptors (Lipinski definition) is 5. The fraction of sp³-hybridized carbons (Fsp3) is 0.394. The minimum atomic E-state index is -4.31. The SMILES string of the molecule is CC[C@H](C(=O)NC1CCCCC1)N(Cc1ccc(Cl)cc1Cl)C(=O)CN(c1cc(Cl)ccc1OC)S(=O)(=O)c1ccc(C)cc1. The summed E-state index contributed by atoms with van der Waals surface area (Å²) in [5.74, 6) is -0.697. The van der Waals surface area contributed by atoms with Crippen molar-refractivity contribution in [3.63, 3.8) is 0 Å². The molecule has 0 heterocycles. The highest BCUT2D eigenvalue weighted by molar-refractivity contribution is 7.92. The lowest BCUT2D eigenvalue weighted by Crippen LogP contribution is -2.54. The van der Waals surface area contributed by atoms with Gasteiger partial charge in [-0.1, -0.05) is 84.8 Å². The van der Waals surface area contributed by atoms with E-state index in [0.717, 1.165) is 42.0 Å². The quantitative estimate of drug-likeness (QED) is 0.213. The van der Waals surface area contributed by atoms with Crippen molar-refractivity contribution in [3.05, 3.63) is 86.9 Å². The summed E-state index contributed by atoms with van der Waals surface area (Å²) in [4.78, 5) is 29.5. The summed E-state index contributed by atoms with van der Waals surface area (Å²) in [5, 5.41) is 4.13. The molecule has 242 valence electrons. The molecule has 0 aromatic heterocycles. The maximum Gasteiger partial charge on any atom is 0.264 e. The van der Waals surface area contributed by atoms with Crippen molar-refractivity contribution in [2.75, 3.05) is 18.0 Å². The molecule has 1 atom stereocenters. The van der Waals surface area contributed by atoms with Crippen LogP contribution in [0.25, 0.3) is 0 Å². The van der Waals surface area contributed by atoms with Crippen molar-refractivity contribution in [3.8, 4) is 5.75 Å². The van der Waals surface area contributed by atoms with E-state index in [9.17, 15) is 18.0 Å². The Morgan fingerprint density at radius 1 is 0.956 bits per heavy atom. The number of rotatable bonds is 12. The van der Waals surface area contributed by atoms with Crippen LogP contribution >= 0.6 is 34.8 Å². The average molecular weight is 695 g/mol. The third-order valence-corrected chi connectivity index (χ3v) is 10.6. The largest absolute Gasteiger partial charge is 0.495 e. The Bertz CT molecular complexity index is 1610. The Morgan fingerprint density at radius 3 is 2.22 bits per heavy atom. The van der Waals surface area contributed by atoms with Crippen LogP contribution in [0.4, 0.5) is 5.69 Å². The first kappa shape index (κ1) is 34.9. The first-order valence-corrected chi connectivity index (χ1v) is 17.5. The summed E-state index contributed by atoms with van der Waals surface area (Å²) < 4.78 is 34.9. The van der Waals surface area contributed by atoms with Gasteiger partial charge in [0.2, 0.25) is 11.8 Å². The van der Waals surface area contributed by atoms with Gasteiger partial charge in [-0.25, -0.2) is 8.42 Å².